The van der Waals surface area contributed by atoms with E-state index in [-0.39, 0.29) is 16.9 Å². The molecule has 0 aliphatic carbocycles. The van der Waals surface area contributed by atoms with Gasteiger partial charge in [-0.15, -0.1) is 0 Å². The Morgan fingerprint density at radius 1 is 1.24 bits per heavy atom. The highest BCUT2D eigenvalue weighted by Crippen LogP contribution is 2.55. The smallest absolute Gasteiger partial charge is 0.417 e. The molecule has 3 N–H and O–H groups in total. The number of nitrogens with zero attached hydrogens (tertiary/aromatic N) is 1. The fraction of sp³-hybridized carbons (Fsp3) is 0.364. The summed E-state index contributed by atoms with van der Waals surface area (Å²) in [5.74, 6) is -8.38. The van der Waals surface area contributed by atoms with Crippen LogP contribution in [0.15, 0.2) is 24.3 Å². The number of nitrogen functional groups attached to an aromatic ring is 1. The number of nitriles is 1. The molecule has 2 aromatic rings. The SMILES string of the molecule is COc1c([C@H]2[C@H](C(=O)Nc3cc(C#N)c(F)cc3N)O[C@@](C)(C(F)(F)F)[C@H]2C)ccc(F)c1F. The van der Waals surface area contributed by atoms with Gasteiger partial charge in [0.2, 0.25) is 5.82 Å². The second-order valence-electron chi connectivity index (χ2n) is 7.96. The van der Waals surface area contributed by atoms with Gasteiger partial charge in [0.15, 0.2) is 17.2 Å². The number of carbonyl (C=O) groups excluding carboxylic acids is 1. The molecule has 1 aliphatic heterocycles. The third-order valence-electron chi connectivity index (χ3n) is 6.09. The average Bonchev–Trinajstić information content (AvgIpc) is 3.04. The molecule has 182 valence electrons. The summed E-state index contributed by atoms with van der Waals surface area (Å²) >= 11 is 0. The monoisotopic (exact) mass is 487 g/mol. The normalized spacial score (nSPS) is 24.5. The quantitative estimate of drug-likeness (QED) is 0.484. The Labute approximate surface area is 190 Å². The summed E-state index contributed by atoms with van der Waals surface area (Å²) in [5.41, 5.74) is 1.61. The maximum atomic E-state index is 14.4. The van der Waals surface area contributed by atoms with E-state index in [4.69, 9.17) is 20.5 Å². The second-order valence-corrected chi connectivity index (χ2v) is 7.96. The lowest BCUT2D eigenvalue weighted by Gasteiger charge is -2.32. The number of ether oxygens (including phenoxy) is 2. The number of halogens is 6. The molecule has 1 aliphatic rings. The zero-order valence-electron chi connectivity index (χ0n) is 18.1. The van der Waals surface area contributed by atoms with Gasteiger partial charge in [0.25, 0.3) is 5.91 Å². The van der Waals surface area contributed by atoms with E-state index in [1.165, 1.54) is 0 Å². The van der Waals surface area contributed by atoms with Gasteiger partial charge in [-0.3, -0.25) is 4.79 Å². The summed E-state index contributed by atoms with van der Waals surface area (Å²) in [6.45, 7) is 1.90. The van der Waals surface area contributed by atoms with Crippen LogP contribution in [0.25, 0.3) is 0 Å². The van der Waals surface area contributed by atoms with E-state index in [9.17, 15) is 31.1 Å². The zero-order chi connectivity index (χ0) is 25.6. The highest BCUT2D eigenvalue weighted by molar-refractivity contribution is 5.98. The van der Waals surface area contributed by atoms with Crippen LogP contribution in [0.3, 0.4) is 0 Å². The van der Waals surface area contributed by atoms with Gasteiger partial charge in [-0.1, -0.05) is 13.0 Å². The first-order valence-corrected chi connectivity index (χ1v) is 9.83. The van der Waals surface area contributed by atoms with Gasteiger partial charge < -0.3 is 20.5 Å². The van der Waals surface area contributed by atoms with Crippen LogP contribution in [-0.4, -0.2) is 30.9 Å². The predicted molar refractivity (Wildman–Crippen MR) is 108 cm³/mol. The molecule has 12 heteroatoms. The topological polar surface area (TPSA) is 97.4 Å². The van der Waals surface area contributed by atoms with Crippen LogP contribution in [-0.2, 0) is 9.53 Å². The lowest BCUT2D eigenvalue weighted by molar-refractivity contribution is -0.272. The minimum atomic E-state index is -4.94. The molecule has 4 atom stereocenters. The van der Waals surface area contributed by atoms with E-state index in [1.54, 1.807) is 6.07 Å². The molecule has 6 nitrogen and oxygen atoms in total. The number of benzene rings is 2. The van der Waals surface area contributed by atoms with Crippen LogP contribution in [0.5, 0.6) is 5.75 Å². The predicted octanol–water partition coefficient (Wildman–Crippen LogP) is 4.64. The van der Waals surface area contributed by atoms with Gasteiger partial charge in [0.1, 0.15) is 18.0 Å². The van der Waals surface area contributed by atoms with Gasteiger partial charge in [-0.25, -0.2) is 8.78 Å². The van der Waals surface area contributed by atoms with Gasteiger partial charge in [-0.2, -0.15) is 22.8 Å². The lowest BCUT2D eigenvalue weighted by atomic mass is 9.77. The van der Waals surface area contributed by atoms with Crippen molar-refractivity contribution in [3.8, 4) is 11.8 Å². The fourth-order valence-corrected chi connectivity index (χ4v) is 4.03. The molecule has 1 heterocycles. The van der Waals surface area contributed by atoms with Crippen LogP contribution in [0, 0.1) is 34.7 Å². The van der Waals surface area contributed by atoms with Gasteiger partial charge in [-0.05, 0) is 19.1 Å². The van der Waals surface area contributed by atoms with Crippen LogP contribution >= 0.6 is 0 Å². The first-order valence-electron chi connectivity index (χ1n) is 9.83. The maximum Gasteiger partial charge on any atom is 0.417 e. The van der Waals surface area contributed by atoms with Gasteiger partial charge in [0, 0.05) is 23.5 Å². The number of anilines is 2. The summed E-state index contributed by atoms with van der Waals surface area (Å²) in [6.07, 6.45) is -6.80. The number of nitrogens with one attached hydrogen (secondary N) is 1. The maximum absolute atomic E-state index is 14.4. The number of methoxy groups -OCH3 is 1. The van der Waals surface area contributed by atoms with E-state index in [2.05, 4.69) is 5.32 Å². The van der Waals surface area contributed by atoms with Crippen LogP contribution in [0.1, 0.15) is 30.9 Å². The Morgan fingerprint density at radius 2 is 1.88 bits per heavy atom. The molecular formula is C22H19F6N3O3. The third-order valence-corrected chi connectivity index (χ3v) is 6.09. The van der Waals surface area contributed by atoms with E-state index in [0.717, 1.165) is 39.2 Å². The first-order chi connectivity index (χ1) is 15.8. The summed E-state index contributed by atoms with van der Waals surface area (Å²) in [5, 5.41) is 11.2. The number of rotatable bonds is 4. The molecule has 0 spiro atoms. The zero-order valence-corrected chi connectivity index (χ0v) is 18.1. The molecule has 0 bridgehead atoms. The van der Waals surface area contributed by atoms with E-state index >= 15 is 0 Å². The highest BCUT2D eigenvalue weighted by atomic mass is 19.4. The Morgan fingerprint density at radius 3 is 2.44 bits per heavy atom. The fourth-order valence-electron chi connectivity index (χ4n) is 4.03. The molecule has 0 saturated carbocycles. The second kappa shape index (κ2) is 8.72. The first kappa shape index (κ1) is 25.2. The van der Waals surface area contributed by atoms with E-state index in [0.29, 0.717) is 6.07 Å². The number of amides is 1. The molecule has 1 fully saturated rings. The number of carbonyl (C=O) groups is 1. The molecule has 34 heavy (non-hydrogen) atoms. The highest BCUT2D eigenvalue weighted by Gasteiger charge is 2.65. The van der Waals surface area contributed by atoms with Crippen molar-refractivity contribution in [3.63, 3.8) is 0 Å². The van der Waals surface area contributed by atoms with Gasteiger partial charge >= 0.3 is 6.18 Å². The summed E-state index contributed by atoms with van der Waals surface area (Å²) in [6, 6.07) is 4.95. The molecule has 3 rings (SSSR count). The summed E-state index contributed by atoms with van der Waals surface area (Å²) in [7, 11) is 1.00. The van der Waals surface area contributed by atoms with Crippen LogP contribution < -0.4 is 15.8 Å². The van der Waals surface area contributed by atoms with Crippen molar-refractivity contribution in [2.45, 2.75) is 37.6 Å². The molecule has 1 saturated heterocycles. The molecule has 0 aromatic heterocycles. The molecule has 0 radical (unpaired) electrons. The lowest BCUT2D eigenvalue weighted by Crippen LogP contribution is -2.47. The van der Waals surface area contributed by atoms with Gasteiger partial charge in [0.05, 0.1) is 24.0 Å². The van der Waals surface area contributed by atoms with Crippen molar-refractivity contribution < 1.29 is 40.6 Å². The van der Waals surface area contributed by atoms with E-state index in [1.807, 2.05) is 0 Å². The third kappa shape index (κ3) is 4.00. The van der Waals surface area contributed by atoms with Crippen molar-refractivity contribution in [1.82, 2.24) is 0 Å². The standard InChI is InChI=1S/C22H19F6N3O3/c1-9-16(11-4-5-12(23)17(25)18(11)33-3)19(34-21(9,2)22(26,27)28)20(32)31-15-6-10(8-29)13(24)7-14(15)30/h4-7,9,16,19H,30H2,1-3H3,(H,31,32)/t9-,16-,19+,21+/m0/s1. The molecule has 1 amide bonds. The van der Waals surface area contributed by atoms with Crippen molar-refractivity contribution in [1.29, 1.82) is 5.26 Å². The van der Waals surface area contributed by atoms with Crippen molar-refractivity contribution >= 4 is 17.3 Å². The molecule has 2 aromatic carbocycles. The largest absolute Gasteiger partial charge is 0.493 e. The van der Waals surface area contributed by atoms with E-state index < -0.39 is 64.4 Å². The number of hydrogen-bond donors (Lipinski definition) is 2. The molecular weight excluding hydrogens is 468 g/mol. The minimum Gasteiger partial charge on any atom is -0.493 e. The van der Waals surface area contributed by atoms with Crippen LogP contribution in [0.2, 0.25) is 0 Å². The number of hydrogen-bond acceptors (Lipinski definition) is 5. The van der Waals surface area contributed by atoms with Crippen molar-refractivity contribution in [2.24, 2.45) is 5.92 Å². The average molecular weight is 487 g/mol. The minimum absolute atomic E-state index is 0.216. The Balaban J connectivity index is 2.11. The number of nitrogens with two attached hydrogens (primary N) is 1. The number of alkyl halides is 3. The van der Waals surface area contributed by atoms with Crippen molar-refractivity contribution in [3.05, 3.63) is 52.8 Å². The Kier molecular flexibility index (Phi) is 6.45. The molecule has 0 unspecified atom stereocenters. The Hall–Kier alpha value is -3.46. The van der Waals surface area contributed by atoms with Crippen molar-refractivity contribution in [2.75, 3.05) is 18.2 Å². The Bertz CT molecular complexity index is 1180. The summed E-state index contributed by atoms with van der Waals surface area (Å²) < 4.78 is 93.9. The van der Waals surface area contributed by atoms with Crippen LogP contribution in [0.4, 0.5) is 37.7 Å². The summed E-state index contributed by atoms with van der Waals surface area (Å²) in [4.78, 5) is 13.1.